The Labute approximate surface area is 160 Å². The molecule has 2 aliphatic carbocycles. The van der Waals surface area contributed by atoms with Gasteiger partial charge in [-0.2, -0.15) is 0 Å². The Kier molecular flexibility index (Phi) is 4.96. The molecule has 0 N–H and O–H groups in total. The van der Waals surface area contributed by atoms with Crippen LogP contribution >= 0.6 is 11.6 Å². The number of carbonyl (C=O) groups is 2. The fourth-order valence-electron chi connectivity index (χ4n) is 4.09. The number of piperidine rings is 1. The van der Waals surface area contributed by atoms with Crippen molar-refractivity contribution in [2.75, 3.05) is 13.1 Å². The van der Waals surface area contributed by atoms with Gasteiger partial charge in [0.25, 0.3) is 0 Å². The molecule has 1 heterocycles. The van der Waals surface area contributed by atoms with Gasteiger partial charge >= 0.3 is 0 Å². The summed E-state index contributed by atoms with van der Waals surface area (Å²) in [5.74, 6) is 0.904. The van der Waals surface area contributed by atoms with E-state index in [4.69, 9.17) is 11.6 Å². The van der Waals surface area contributed by atoms with Gasteiger partial charge in [-0.3, -0.25) is 9.59 Å². The van der Waals surface area contributed by atoms with Gasteiger partial charge in [-0.25, -0.2) is 0 Å². The number of benzene rings is 1. The monoisotopic (exact) mass is 374 g/mol. The van der Waals surface area contributed by atoms with E-state index in [0.29, 0.717) is 11.9 Å². The number of halogens is 1. The van der Waals surface area contributed by atoms with Gasteiger partial charge in [-0.1, -0.05) is 23.7 Å². The molecule has 2 amide bonds. The zero-order valence-corrected chi connectivity index (χ0v) is 16.1. The van der Waals surface area contributed by atoms with Crippen LogP contribution in [0.1, 0.15) is 57.1 Å². The molecule has 4 nitrogen and oxygen atoms in total. The second-order valence-electron chi connectivity index (χ2n) is 8.08. The lowest BCUT2D eigenvalue weighted by Crippen LogP contribution is -2.46. The number of amides is 2. The smallest absolute Gasteiger partial charge is 0.226 e. The quantitative estimate of drug-likeness (QED) is 0.780. The third-order valence-electron chi connectivity index (χ3n) is 6.05. The van der Waals surface area contributed by atoms with Crippen molar-refractivity contribution in [3.05, 3.63) is 34.9 Å². The Bertz CT molecular complexity index is 674. The molecule has 1 saturated heterocycles. The third kappa shape index (κ3) is 3.75. The standard InChI is InChI=1S/C21H27ClN2O2/c1-14(15-4-6-18(22)7-5-15)24(19-8-9-19)21(26)17-10-12-23(13-11-17)20(25)16-2-3-16/h4-7,14,16-17,19H,2-3,8-13H2,1H3. The number of hydrogen-bond acceptors (Lipinski definition) is 2. The highest BCUT2D eigenvalue weighted by molar-refractivity contribution is 6.30. The van der Waals surface area contributed by atoms with E-state index >= 15 is 0 Å². The molecule has 2 saturated carbocycles. The van der Waals surface area contributed by atoms with Crippen LogP contribution in [0.2, 0.25) is 5.02 Å². The van der Waals surface area contributed by atoms with E-state index in [1.807, 2.05) is 29.2 Å². The SMILES string of the molecule is CC(c1ccc(Cl)cc1)N(C(=O)C1CCN(C(=O)C2CC2)CC1)C1CC1. The number of hydrogen-bond donors (Lipinski definition) is 0. The summed E-state index contributed by atoms with van der Waals surface area (Å²) in [7, 11) is 0. The van der Waals surface area contributed by atoms with Crippen molar-refractivity contribution in [3.63, 3.8) is 0 Å². The largest absolute Gasteiger partial charge is 0.342 e. The van der Waals surface area contributed by atoms with Crippen LogP contribution in [-0.4, -0.2) is 40.7 Å². The highest BCUT2D eigenvalue weighted by Gasteiger charge is 2.41. The minimum atomic E-state index is 0.0496. The van der Waals surface area contributed by atoms with Gasteiger partial charge in [0.1, 0.15) is 0 Å². The molecule has 5 heteroatoms. The fraction of sp³-hybridized carbons (Fsp3) is 0.619. The van der Waals surface area contributed by atoms with Gasteiger partial charge < -0.3 is 9.80 Å². The molecule has 0 bridgehead atoms. The summed E-state index contributed by atoms with van der Waals surface area (Å²) in [6, 6.07) is 8.27. The van der Waals surface area contributed by atoms with E-state index in [1.165, 1.54) is 0 Å². The number of nitrogens with zero attached hydrogens (tertiary/aromatic N) is 2. The first-order valence-corrected chi connectivity index (χ1v) is 10.3. The van der Waals surface area contributed by atoms with Crippen molar-refractivity contribution >= 4 is 23.4 Å². The fourth-order valence-corrected chi connectivity index (χ4v) is 4.21. The lowest BCUT2D eigenvalue weighted by atomic mass is 9.93. The minimum absolute atomic E-state index is 0.0496. The number of rotatable bonds is 5. The van der Waals surface area contributed by atoms with Crippen LogP contribution < -0.4 is 0 Å². The Hall–Kier alpha value is -1.55. The normalized spacial score (nSPS) is 22.2. The van der Waals surface area contributed by atoms with E-state index in [1.54, 1.807) is 0 Å². The topological polar surface area (TPSA) is 40.6 Å². The molecule has 3 aliphatic rings. The summed E-state index contributed by atoms with van der Waals surface area (Å²) in [6.45, 7) is 3.59. The first kappa shape index (κ1) is 17.8. The molecule has 0 radical (unpaired) electrons. The van der Waals surface area contributed by atoms with Crippen LogP contribution in [0, 0.1) is 11.8 Å². The third-order valence-corrected chi connectivity index (χ3v) is 6.30. The van der Waals surface area contributed by atoms with Crippen molar-refractivity contribution in [1.29, 1.82) is 0 Å². The van der Waals surface area contributed by atoms with Crippen LogP contribution in [0.5, 0.6) is 0 Å². The van der Waals surface area contributed by atoms with Gasteiger partial charge in [-0.15, -0.1) is 0 Å². The molecule has 140 valence electrons. The first-order chi connectivity index (χ1) is 12.5. The van der Waals surface area contributed by atoms with Gasteiger partial charge in [-0.05, 0) is 63.1 Å². The molecular formula is C21H27ClN2O2. The minimum Gasteiger partial charge on any atom is -0.342 e. The van der Waals surface area contributed by atoms with Crippen LogP contribution in [0.3, 0.4) is 0 Å². The van der Waals surface area contributed by atoms with Crippen LogP contribution in [0.4, 0.5) is 0 Å². The Morgan fingerprint density at radius 1 is 1.00 bits per heavy atom. The lowest BCUT2D eigenvalue weighted by molar-refractivity contribution is -0.143. The summed E-state index contributed by atoms with van der Waals surface area (Å²) in [6.07, 6.45) is 5.89. The van der Waals surface area contributed by atoms with Crippen LogP contribution in [0.25, 0.3) is 0 Å². The number of carbonyl (C=O) groups excluding carboxylic acids is 2. The maximum absolute atomic E-state index is 13.3. The van der Waals surface area contributed by atoms with Gasteiger partial charge in [0.05, 0.1) is 6.04 Å². The van der Waals surface area contributed by atoms with E-state index < -0.39 is 0 Å². The molecule has 1 unspecified atom stereocenters. The molecule has 0 spiro atoms. The maximum Gasteiger partial charge on any atom is 0.226 e. The Morgan fingerprint density at radius 3 is 2.15 bits per heavy atom. The van der Waals surface area contributed by atoms with Crippen LogP contribution in [-0.2, 0) is 9.59 Å². The highest BCUT2D eigenvalue weighted by atomic mass is 35.5. The average molecular weight is 375 g/mol. The van der Waals surface area contributed by atoms with Gasteiger partial charge in [0, 0.05) is 36.0 Å². The molecule has 1 aromatic rings. The molecule has 1 atom stereocenters. The van der Waals surface area contributed by atoms with Crippen molar-refractivity contribution in [1.82, 2.24) is 9.80 Å². The summed E-state index contributed by atoms with van der Waals surface area (Å²) >= 11 is 6.01. The summed E-state index contributed by atoms with van der Waals surface area (Å²) < 4.78 is 0. The summed E-state index contributed by atoms with van der Waals surface area (Å²) in [5, 5.41) is 0.720. The molecule has 1 aromatic carbocycles. The van der Waals surface area contributed by atoms with Gasteiger partial charge in [0.2, 0.25) is 11.8 Å². The van der Waals surface area contributed by atoms with E-state index in [9.17, 15) is 9.59 Å². The molecule has 1 aliphatic heterocycles. The Morgan fingerprint density at radius 2 is 1.62 bits per heavy atom. The molecule has 0 aromatic heterocycles. The van der Waals surface area contributed by atoms with Crippen LogP contribution in [0.15, 0.2) is 24.3 Å². The average Bonchev–Trinajstić information content (AvgIpc) is 3.55. The Balaban J connectivity index is 1.41. The van der Waals surface area contributed by atoms with Gasteiger partial charge in [0.15, 0.2) is 0 Å². The van der Waals surface area contributed by atoms with Crippen molar-refractivity contribution in [2.24, 2.45) is 11.8 Å². The van der Waals surface area contributed by atoms with E-state index in [2.05, 4.69) is 11.8 Å². The zero-order valence-electron chi connectivity index (χ0n) is 15.4. The lowest BCUT2D eigenvalue weighted by Gasteiger charge is -2.37. The summed E-state index contributed by atoms with van der Waals surface area (Å²) in [5.41, 5.74) is 1.14. The van der Waals surface area contributed by atoms with E-state index in [-0.39, 0.29) is 23.8 Å². The molecule has 3 fully saturated rings. The van der Waals surface area contributed by atoms with Crippen molar-refractivity contribution < 1.29 is 9.59 Å². The molecule has 4 rings (SSSR count). The maximum atomic E-state index is 13.3. The molecule has 26 heavy (non-hydrogen) atoms. The first-order valence-electron chi connectivity index (χ1n) is 9.91. The summed E-state index contributed by atoms with van der Waals surface area (Å²) in [4.78, 5) is 29.6. The van der Waals surface area contributed by atoms with E-state index in [0.717, 1.165) is 62.2 Å². The molecular weight excluding hydrogens is 348 g/mol. The number of likely N-dealkylation sites (tertiary alicyclic amines) is 1. The second-order valence-corrected chi connectivity index (χ2v) is 8.51. The second kappa shape index (κ2) is 7.22. The zero-order chi connectivity index (χ0) is 18.3. The van der Waals surface area contributed by atoms with Crippen molar-refractivity contribution in [3.8, 4) is 0 Å². The highest BCUT2D eigenvalue weighted by Crippen LogP contribution is 2.38. The van der Waals surface area contributed by atoms with Crippen molar-refractivity contribution in [2.45, 2.75) is 57.5 Å². The predicted molar refractivity (Wildman–Crippen MR) is 102 cm³/mol. The predicted octanol–water partition coefficient (Wildman–Crippen LogP) is 4.04.